The predicted octanol–water partition coefficient (Wildman–Crippen LogP) is 1.87. The summed E-state index contributed by atoms with van der Waals surface area (Å²) in [5.41, 5.74) is 9.64. The van der Waals surface area contributed by atoms with Gasteiger partial charge in [-0.3, -0.25) is 4.98 Å². The van der Waals surface area contributed by atoms with Crippen LogP contribution in [0.5, 0.6) is 0 Å². The van der Waals surface area contributed by atoms with Gasteiger partial charge >= 0.3 is 0 Å². The monoisotopic (exact) mass is 228 g/mol. The fourth-order valence-electron chi connectivity index (χ4n) is 1.79. The molecule has 2 aromatic rings. The fraction of sp³-hybridized carbons (Fsp3) is 0.308. The molecule has 2 heterocycles. The van der Waals surface area contributed by atoms with Crippen molar-refractivity contribution in [2.24, 2.45) is 5.73 Å². The van der Waals surface area contributed by atoms with Gasteiger partial charge in [0.15, 0.2) is 5.82 Å². The summed E-state index contributed by atoms with van der Waals surface area (Å²) in [4.78, 5) is 13.1. The lowest BCUT2D eigenvalue weighted by Gasteiger charge is -2.08. The molecule has 0 radical (unpaired) electrons. The van der Waals surface area contributed by atoms with Crippen LogP contribution in [0.25, 0.3) is 11.4 Å². The van der Waals surface area contributed by atoms with Gasteiger partial charge in [-0.05, 0) is 31.0 Å². The van der Waals surface area contributed by atoms with Gasteiger partial charge in [0.05, 0.1) is 5.69 Å². The Hall–Kier alpha value is -1.81. The molecule has 0 saturated heterocycles. The molecule has 0 amide bonds. The average molecular weight is 228 g/mol. The van der Waals surface area contributed by atoms with Crippen molar-refractivity contribution in [3.63, 3.8) is 0 Å². The Kier molecular flexibility index (Phi) is 3.44. The molecule has 0 aliphatic rings. The summed E-state index contributed by atoms with van der Waals surface area (Å²) < 4.78 is 0. The van der Waals surface area contributed by atoms with Crippen LogP contribution in [-0.4, -0.2) is 15.0 Å². The first kappa shape index (κ1) is 11.7. The van der Waals surface area contributed by atoms with Crippen LogP contribution in [0.3, 0.4) is 0 Å². The van der Waals surface area contributed by atoms with E-state index in [0.29, 0.717) is 6.54 Å². The van der Waals surface area contributed by atoms with Crippen LogP contribution < -0.4 is 5.73 Å². The lowest BCUT2D eigenvalue weighted by molar-refractivity contribution is 0.949. The number of aryl methyl sites for hydroxylation is 2. The van der Waals surface area contributed by atoms with Crippen LogP contribution in [0.4, 0.5) is 0 Å². The van der Waals surface area contributed by atoms with E-state index in [1.54, 1.807) is 6.20 Å². The highest BCUT2D eigenvalue weighted by molar-refractivity contribution is 5.59. The lowest BCUT2D eigenvalue weighted by atomic mass is 10.1. The van der Waals surface area contributed by atoms with Crippen molar-refractivity contribution in [3.05, 3.63) is 41.5 Å². The van der Waals surface area contributed by atoms with Gasteiger partial charge in [-0.15, -0.1) is 0 Å². The van der Waals surface area contributed by atoms with Crippen LogP contribution in [0.15, 0.2) is 24.5 Å². The molecule has 0 aliphatic heterocycles. The average Bonchev–Trinajstić information content (AvgIpc) is 2.37. The molecule has 88 valence electrons. The van der Waals surface area contributed by atoms with Crippen molar-refractivity contribution in [3.8, 4) is 11.4 Å². The Balaban J connectivity index is 2.55. The van der Waals surface area contributed by atoms with Crippen molar-refractivity contribution in [1.82, 2.24) is 15.0 Å². The first-order valence-corrected chi connectivity index (χ1v) is 5.72. The molecular formula is C13H16N4. The van der Waals surface area contributed by atoms with E-state index in [9.17, 15) is 0 Å². The third-order valence-corrected chi connectivity index (χ3v) is 2.64. The first-order valence-electron chi connectivity index (χ1n) is 5.72. The summed E-state index contributed by atoms with van der Waals surface area (Å²) >= 11 is 0. The summed E-state index contributed by atoms with van der Waals surface area (Å²) in [6.45, 7) is 4.49. The van der Waals surface area contributed by atoms with Crippen LogP contribution in [0, 0.1) is 6.92 Å². The van der Waals surface area contributed by atoms with E-state index in [1.807, 2.05) is 25.3 Å². The summed E-state index contributed by atoms with van der Waals surface area (Å²) in [7, 11) is 0. The van der Waals surface area contributed by atoms with Gasteiger partial charge in [-0.2, -0.15) is 0 Å². The highest BCUT2D eigenvalue weighted by Crippen LogP contribution is 2.20. The summed E-state index contributed by atoms with van der Waals surface area (Å²) in [6.07, 6.45) is 4.55. The molecule has 0 bridgehead atoms. The molecule has 0 aromatic carbocycles. The second kappa shape index (κ2) is 5.01. The molecule has 2 N–H and O–H groups in total. The van der Waals surface area contributed by atoms with Gasteiger partial charge in [0.1, 0.15) is 0 Å². The van der Waals surface area contributed by atoms with Gasteiger partial charge in [0, 0.05) is 30.2 Å². The van der Waals surface area contributed by atoms with Crippen LogP contribution in [0.2, 0.25) is 0 Å². The Morgan fingerprint density at radius 3 is 2.82 bits per heavy atom. The van der Waals surface area contributed by atoms with Gasteiger partial charge in [0.25, 0.3) is 0 Å². The van der Waals surface area contributed by atoms with E-state index in [0.717, 1.165) is 34.8 Å². The number of nitrogens with two attached hydrogens (primary N) is 1. The quantitative estimate of drug-likeness (QED) is 0.871. The molecule has 17 heavy (non-hydrogen) atoms. The molecule has 2 aromatic heterocycles. The minimum absolute atomic E-state index is 0.433. The van der Waals surface area contributed by atoms with Crippen molar-refractivity contribution in [2.45, 2.75) is 26.8 Å². The number of pyridine rings is 1. The predicted molar refractivity (Wildman–Crippen MR) is 67.3 cm³/mol. The lowest BCUT2D eigenvalue weighted by Crippen LogP contribution is -2.04. The fourth-order valence-corrected chi connectivity index (χ4v) is 1.79. The topological polar surface area (TPSA) is 64.7 Å². The molecule has 4 nitrogen and oxygen atoms in total. The Bertz CT molecular complexity index is 523. The standard InChI is InChI=1S/C13H16N4/c1-3-10-8-15-5-4-12(10)13-16-9(2)6-11(7-14)17-13/h4-6,8H,3,7,14H2,1-2H3. The molecule has 0 aliphatic carbocycles. The number of hydrogen-bond donors (Lipinski definition) is 1. The number of rotatable bonds is 3. The zero-order valence-electron chi connectivity index (χ0n) is 10.1. The maximum Gasteiger partial charge on any atom is 0.160 e. The van der Waals surface area contributed by atoms with Gasteiger partial charge in [-0.25, -0.2) is 9.97 Å². The van der Waals surface area contributed by atoms with E-state index in [2.05, 4.69) is 21.9 Å². The summed E-state index contributed by atoms with van der Waals surface area (Å²) in [5, 5.41) is 0. The maximum absolute atomic E-state index is 5.63. The number of nitrogens with zero attached hydrogens (tertiary/aromatic N) is 3. The third-order valence-electron chi connectivity index (χ3n) is 2.64. The van der Waals surface area contributed by atoms with Gasteiger partial charge in [-0.1, -0.05) is 6.92 Å². The Labute approximate surface area is 101 Å². The summed E-state index contributed by atoms with van der Waals surface area (Å²) in [6, 6.07) is 3.87. The van der Waals surface area contributed by atoms with Gasteiger partial charge in [0.2, 0.25) is 0 Å². The molecule has 0 saturated carbocycles. The van der Waals surface area contributed by atoms with Crippen LogP contribution in [-0.2, 0) is 13.0 Å². The molecule has 4 heteroatoms. The normalized spacial score (nSPS) is 10.5. The second-order valence-electron chi connectivity index (χ2n) is 3.91. The van der Waals surface area contributed by atoms with E-state index in [4.69, 9.17) is 5.73 Å². The molecule has 0 unspecified atom stereocenters. The van der Waals surface area contributed by atoms with E-state index < -0.39 is 0 Å². The van der Waals surface area contributed by atoms with Crippen molar-refractivity contribution in [2.75, 3.05) is 0 Å². The first-order chi connectivity index (χ1) is 8.24. The van der Waals surface area contributed by atoms with Crippen LogP contribution in [0.1, 0.15) is 23.9 Å². The van der Waals surface area contributed by atoms with Crippen molar-refractivity contribution >= 4 is 0 Å². The molecule has 0 fully saturated rings. The Morgan fingerprint density at radius 2 is 2.12 bits per heavy atom. The summed E-state index contributed by atoms with van der Waals surface area (Å²) in [5.74, 6) is 0.740. The molecule has 0 atom stereocenters. The van der Waals surface area contributed by atoms with Crippen LogP contribution >= 0.6 is 0 Å². The Morgan fingerprint density at radius 1 is 1.29 bits per heavy atom. The zero-order valence-corrected chi connectivity index (χ0v) is 10.1. The molecule has 0 spiro atoms. The van der Waals surface area contributed by atoms with E-state index in [-0.39, 0.29) is 0 Å². The van der Waals surface area contributed by atoms with E-state index in [1.165, 1.54) is 0 Å². The SMILES string of the molecule is CCc1cnccc1-c1nc(C)cc(CN)n1. The molecular weight excluding hydrogens is 212 g/mol. The molecule has 2 rings (SSSR count). The highest BCUT2D eigenvalue weighted by atomic mass is 14.9. The minimum Gasteiger partial charge on any atom is -0.325 e. The zero-order chi connectivity index (χ0) is 12.3. The van der Waals surface area contributed by atoms with Crippen molar-refractivity contribution in [1.29, 1.82) is 0 Å². The maximum atomic E-state index is 5.63. The largest absolute Gasteiger partial charge is 0.325 e. The second-order valence-corrected chi connectivity index (χ2v) is 3.91. The number of aromatic nitrogens is 3. The van der Waals surface area contributed by atoms with Crippen molar-refractivity contribution < 1.29 is 0 Å². The third kappa shape index (κ3) is 2.47. The minimum atomic E-state index is 0.433. The van der Waals surface area contributed by atoms with E-state index >= 15 is 0 Å². The highest BCUT2D eigenvalue weighted by Gasteiger charge is 2.08. The number of hydrogen-bond acceptors (Lipinski definition) is 4. The smallest absolute Gasteiger partial charge is 0.160 e. The van der Waals surface area contributed by atoms with Gasteiger partial charge < -0.3 is 5.73 Å².